The second-order valence-electron chi connectivity index (χ2n) is 5.58. The van der Waals surface area contributed by atoms with E-state index in [1.807, 2.05) is 17.8 Å². The molecule has 1 heterocycles. The molecule has 0 aliphatic carbocycles. The Labute approximate surface area is 118 Å². The molecule has 0 radical (unpaired) electrons. The van der Waals surface area contributed by atoms with Gasteiger partial charge in [-0.25, -0.2) is 4.98 Å². The number of hydrogen-bond donors (Lipinski definition) is 1. The van der Waals surface area contributed by atoms with Crippen LogP contribution < -0.4 is 0 Å². The molecule has 0 bridgehead atoms. The quantitative estimate of drug-likeness (QED) is 0.618. The van der Waals surface area contributed by atoms with E-state index in [1.54, 1.807) is 6.20 Å². The SMILES string of the molecule is CCCCCCCCCCC(O)Cc1nccn1C. The molecule has 0 aliphatic heterocycles. The maximum absolute atomic E-state index is 9.96. The molecule has 3 heteroatoms. The Bertz CT molecular complexity index is 322. The molecule has 1 unspecified atom stereocenters. The number of unbranched alkanes of at least 4 members (excludes halogenated alkanes) is 7. The van der Waals surface area contributed by atoms with Crippen LogP contribution >= 0.6 is 0 Å². The number of rotatable bonds is 11. The van der Waals surface area contributed by atoms with Gasteiger partial charge in [0.25, 0.3) is 0 Å². The van der Waals surface area contributed by atoms with Crippen molar-refractivity contribution in [3.05, 3.63) is 18.2 Å². The largest absolute Gasteiger partial charge is 0.393 e. The number of aromatic nitrogens is 2. The van der Waals surface area contributed by atoms with Crippen molar-refractivity contribution in [3.63, 3.8) is 0 Å². The van der Waals surface area contributed by atoms with Crippen molar-refractivity contribution in [2.75, 3.05) is 0 Å². The topological polar surface area (TPSA) is 38.1 Å². The second kappa shape index (κ2) is 10.0. The van der Waals surface area contributed by atoms with E-state index in [0.29, 0.717) is 6.42 Å². The summed E-state index contributed by atoms with van der Waals surface area (Å²) in [5.74, 6) is 0.979. The fourth-order valence-electron chi connectivity index (χ4n) is 2.42. The molecule has 0 aliphatic rings. The van der Waals surface area contributed by atoms with E-state index < -0.39 is 0 Å². The summed E-state index contributed by atoms with van der Waals surface area (Å²) in [4.78, 5) is 4.24. The number of aryl methyl sites for hydroxylation is 1. The predicted octanol–water partition coefficient (Wildman–Crippen LogP) is 3.85. The zero-order chi connectivity index (χ0) is 13.9. The molecule has 3 nitrogen and oxygen atoms in total. The van der Waals surface area contributed by atoms with Crippen LogP contribution in [0.25, 0.3) is 0 Å². The smallest absolute Gasteiger partial charge is 0.110 e. The molecular weight excluding hydrogens is 236 g/mol. The van der Waals surface area contributed by atoms with Crippen molar-refractivity contribution in [1.82, 2.24) is 9.55 Å². The normalized spacial score (nSPS) is 12.8. The number of aliphatic hydroxyl groups is 1. The van der Waals surface area contributed by atoms with Crippen LogP contribution in [0, 0.1) is 0 Å². The van der Waals surface area contributed by atoms with Gasteiger partial charge in [0.05, 0.1) is 6.10 Å². The minimum absolute atomic E-state index is 0.235. The van der Waals surface area contributed by atoms with Gasteiger partial charge in [0, 0.05) is 25.9 Å². The highest BCUT2D eigenvalue weighted by Crippen LogP contribution is 2.12. The summed E-state index contributed by atoms with van der Waals surface area (Å²) < 4.78 is 1.98. The van der Waals surface area contributed by atoms with Crippen molar-refractivity contribution in [2.24, 2.45) is 7.05 Å². The lowest BCUT2D eigenvalue weighted by molar-refractivity contribution is 0.157. The highest BCUT2D eigenvalue weighted by atomic mass is 16.3. The van der Waals surface area contributed by atoms with Gasteiger partial charge in [-0.05, 0) is 6.42 Å². The lowest BCUT2D eigenvalue weighted by Gasteiger charge is -2.10. The molecule has 1 aromatic heterocycles. The molecular formula is C16H30N2O. The average molecular weight is 266 g/mol. The van der Waals surface area contributed by atoms with E-state index in [-0.39, 0.29) is 6.10 Å². The molecule has 1 rings (SSSR count). The van der Waals surface area contributed by atoms with Crippen molar-refractivity contribution in [2.45, 2.75) is 77.2 Å². The summed E-state index contributed by atoms with van der Waals surface area (Å²) in [7, 11) is 1.98. The Balaban J connectivity index is 1.96. The molecule has 1 aromatic rings. The second-order valence-corrected chi connectivity index (χ2v) is 5.58. The van der Waals surface area contributed by atoms with Crippen molar-refractivity contribution in [1.29, 1.82) is 0 Å². The fourth-order valence-corrected chi connectivity index (χ4v) is 2.42. The first-order chi connectivity index (χ1) is 9.24. The number of nitrogens with zero attached hydrogens (tertiary/aromatic N) is 2. The third-order valence-electron chi connectivity index (χ3n) is 3.73. The average Bonchev–Trinajstić information content (AvgIpc) is 2.78. The van der Waals surface area contributed by atoms with Crippen LogP contribution in [0.2, 0.25) is 0 Å². The van der Waals surface area contributed by atoms with E-state index >= 15 is 0 Å². The molecule has 0 fully saturated rings. The van der Waals surface area contributed by atoms with Gasteiger partial charge in [0.1, 0.15) is 5.82 Å². The Morgan fingerprint density at radius 1 is 1.11 bits per heavy atom. The molecule has 0 saturated carbocycles. The number of aliphatic hydroxyl groups excluding tert-OH is 1. The van der Waals surface area contributed by atoms with Crippen molar-refractivity contribution in [3.8, 4) is 0 Å². The van der Waals surface area contributed by atoms with Crippen LogP contribution in [-0.4, -0.2) is 20.8 Å². The maximum Gasteiger partial charge on any atom is 0.110 e. The molecule has 0 spiro atoms. The first kappa shape index (κ1) is 16.2. The van der Waals surface area contributed by atoms with Gasteiger partial charge < -0.3 is 9.67 Å². The van der Waals surface area contributed by atoms with Gasteiger partial charge in [0.15, 0.2) is 0 Å². The van der Waals surface area contributed by atoms with Gasteiger partial charge in [0.2, 0.25) is 0 Å². The molecule has 1 atom stereocenters. The zero-order valence-electron chi connectivity index (χ0n) is 12.6. The third-order valence-corrected chi connectivity index (χ3v) is 3.73. The Hall–Kier alpha value is -0.830. The Morgan fingerprint density at radius 2 is 1.74 bits per heavy atom. The van der Waals surface area contributed by atoms with Gasteiger partial charge in [-0.3, -0.25) is 0 Å². The third kappa shape index (κ3) is 7.36. The van der Waals surface area contributed by atoms with Crippen LogP contribution in [-0.2, 0) is 13.5 Å². The molecule has 0 saturated heterocycles. The predicted molar refractivity (Wildman–Crippen MR) is 80.1 cm³/mol. The van der Waals surface area contributed by atoms with Crippen LogP contribution in [0.5, 0.6) is 0 Å². The standard InChI is InChI=1S/C16H30N2O/c1-3-4-5-6-7-8-9-10-11-15(19)14-16-17-12-13-18(16)2/h12-13,15,19H,3-11,14H2,1-2H3. The zero-order valence-corrected chi connectivity index (χ0v) is 12.6. The van der Waals surface area contributed by atoms with E-state index in [4.69, 9.17) is 0 Å². The van der Waals surface area contributed by atoms with Crippen LogP contribution in [0.4, 0.5) is 0 Å². The summed E-state index contributed by atoms with van der Waals surface area (Å²) in [6, 6.07) is 0. The van der Waals surface area contributed by atoms with Crippen LogP contribution in [0.1, 0.15) is 70.5 Å². The van der Waals surface area contributed by atoms with Crippen LogP contribution in [0.3, 0.4) is 0 Å². The molecule has 1 N–H and O–H groups in total. The van der Waals surface area contributed by atoms with E-state index in [0.717, 1.165) is 18.7 Å². The lowest BCUT2D eigenvalue weighted by atomic mass is 10.0. The number of hydrogen-bond acceptors (Lipinski definition) is 2. The lowest BCUT2D eigenvalue weighted by Crippen LogP contribution is -2.13. The summed E-state index contributed by atoms with van der Waals surface area (Å²) in [5.41, 5.74) is 0. The number of imidazole rings is 1. The Kier molecular flexibility index (Phi) is 8.55. The molecule has 110 valence electrons. The van der Waals surface area contributed by atoms with Crippen molar-refractivity contribution < 1.29 is 5.11 Å². The van der Waals surface area contributed by atoms with Gasteiger partial charge in [-0.1, -0.05) is 58.3 Å². The minimum atomic E-state index is -0.235. The fraction of sp³-hybridized carbons (Fsp3) is 0.812. The monoisotopic (exact) mass is 266 g/mol. The first-order valence-corrected chi connectivity index (χ1v) is 7.88. The maximum atomic E-state index is 9.96. The van der Waals surface area contributed by atoms with E-state index in [2.05, 4.69) is 11.9 Å². The highest BCUT2D eigenvalue weighted by Gasteiger charge is 2.08. The summed E-state index contributed by atoms with van der Waals surface area (Å²) in [6.45, 7) is 2.25. The molecule has 0 aromatic carbocycles. The van der Waals surface area contributed by atoms with Gasteiger partial charge in [-0.15, -0.1) is 0 Å². The minimum Gasteiger partial charge on any atom is -0.393 e. The van der Waals surface area contributed by atoms with E-state index in [9.17, 15) is 5.11 Å². The summed E-state index contributed by atoms with van der Waals surface area (Å²) in [5, 5.41) is 9.96. The first-order valence-electron chi connectivity index (χ1n) is 7.88. The van der Waals surface area contributed by atoms with E-state index in [1.165, 1.54) is 44.9 Å². The van der Waals surface area contributed by atoms with Crippen LogP contribution in [0.15, 0.2) is 12.4 Å². The summed E-state index contributed by atoms with van der Waals surface area (Å²) >= 11 is 0. The van der Waals surface area contributed by atoms with Crippen molar-refractivity contribution >= 4 is 0 Å². The molecule has 19 heavy (non-hydrogen) atoms. The highest BCUT2D eigenvalue weighted by molar-refractivity contribution is 4.92. The van der Waals surface area contributed by atoms with Gasteiger partial charge >= 0.3 is 0 Å². The molecule has 0 amide bonds. The van der Waals surface area contributed by atoms with Gasteiger partial charge in [-0.2, -0.15) is 0 Å². The summed E-state index contributed by atoms with van der Waals surface area (Å²) in [6.07, 6.45) is 15.6. The Morgan fingerprint density at radius 3 is 2.32 bits per heavy atom.